The highest BCUT2D eigenvalue weighted by Gasteiger charge is 2.33. The predicted octanol–water partition coefficient (Wildman–Crippen LogP) is 0.685. The minimum absolute atomic E-state index is 0.165. The van der Waals surface area contributed by atoms with Gasteiger partial charge in [0.2, 0.25) is 0 Å². The van der Waals surface area contributed by atoms with E-state index in [-0.39, 0.29) is 12.0 Å². The van der Waals surface area contributed by atoms with E-state index >= 15 is 0 Å². The fourth-order valence-electron chi connectivity index (χ4n) is 1.45. The maximum atomic E-state index is 11.5. The lowest BCUT2D eigenvalue weighted by Gasteiger charge is -2.17. The molecule has 0 radical (unpaired) electrons. The third kappa shape index (κ3) is 3.80. The Bertz CT molecular complexity index is 448. The standard InChI is InChI=1S/C13H14O6/c1-4-9(18-11(14)5-2)10-6-8(13(16)19-10)7-12(15)17-3/h4-6,9-10H,1-2,7H2,3H3. The summed E-state index contributed by atoms with van der Waals surface area (Å²) >= 11 is 0. The Morgan fingerprint density at radius 3 is 2.74 bits per heavy atom. The van der Waals surface area contributed by atoms with Crippen molar-refractivity contribution in [3.8, 4) is 0 Å². The monoisotopic (exact) mass is 266 g/mol. The van der Waals surface area contributed by atoms with Crippen LogP contribution in [-0.4, -0.2) is 37.2 Å². The summed E-state index contributed by atoms with van der Waals surface area (Å²) in [5.74, 6) is -1.85. The van der Waals surface area contributed by atoms with Crippen molar-refractivity contribution in [1.82, 2.24) is 0 Å². The Balaban J connectivity index is 2.76. The van der Waals surface area contributed by atoms with Crippen molar-refractivity contribution in [1.29, 1.82) is 0 Å². The Kier molecular flexibility index (Phi) is 5.05. The van der Waals surface area contributed by atoms with Gasteiger partial charge in [0.05, 0.1) is 13.5 Å². The molecule has 0 N–H and O–H groups in total. The number of hydrogen-bond donors (Lipinski definition) is 0. The molecular weight excluding hydrogens is 252 g/mol. The highest BCUT2D eigenvalue weighted by atomic mass is 16.6. The van der Waals surface area contributed by atoms with E-state index in [1.807, 2.05) is 0 Å². The van der Waals surface area contributed by atoms with E-state index in [4.69, 9.17) is 9.47 Å². The number of ether oxygens (including phenoxy) is 3. The predicted molar refractivity (Wildman–Crippen MR) is 64.9 cm³/mol. The first-order chi connectivity index (χ1) is 9.01. The van der Waals surface area contributed by atoms with Crippen molar-refractivity contribution >= 4 is 17.9 Å². The normalized spacial score (nSPS) is 18.9. The van der Waals surface area contributed by atoms with Crippen molar-refractivity contribution < 1.29 is 28.6 Å². The summed E-state index contributed by atoms with van der Waals surface area (Å²) in [6.45, 7) is 6.76. The van der Waals surface area contributed by atoms with Gasteiger partial charge in [-0.15, -0.1) is 0 Å². The van der Waals surface area contributed by atoms with E-state index in [9.17, 15) is 14.4 Å². The molecule has 2 unspecified atom stereocenters. The largest absolute Gasteiger partial charge is 0.469 e. The van der Waals surface area contributed by atoms with Gasteiger partial charge in [0.15, 0.2) is 12.2 Å². The van der Waals surface area contributed by atoms with Crippen LogP contribution in [0.25, 0.3) is 0 Å². The van der Waals surface area contributed by atoms with Crippen LogP contribution in [0.15, 0.2) is 37.0 Å². The molecule has 1 heterocycles. The molecule has 0 aromatic carbocycles. The molecule has 0 aromatic heterocycles. The topological polar surface area (TPSA) is 78.9 Å². The van der Waals surface area contributed by atoms with Gasteiger partial charge in [0.1, 0.15) is 0 Å². The number of methoxy groups -OCH3 is 1. The van der Waals surface area contributed by atoms with E-state index in [1.165, 1.54) is 19.3 Å². The third-order valence-electron chi connectivity index (χ3n) is 2.41. The van der Waals surface area contributed by atoms with Crippen LogP contribution in [0.4, 0.5) is 0 Å². The minimum atomic E-state index is -0.829. The summed E-state index contributed by atoms with van der Waals surface area (Å²) in [5, 5.41) is 0. The molecule has 6 heteroatoms. The van der Waals surface area contributed by atoms with Gasteiger partial charge in [-0.2, -0.15) is 0 Å². The molecule has 1 aliphatic heterocycles. The molecule has 0 amide bonds. The Morgan fingerprint density at radius 2 is 2.21 bits per heavy atom. The van der Waals surface area contributed by atoms with Crippen LogP contribution in [-0.2, 0) is 28.6 Å². The van der Waals surface area contributed by atoms with E-state index in [1.54, 1.807) is 0 Å². The molecule has 0 aliphatic carbocycles. The summed E-state index contributed by atoms with van der Waals surface area (Å²) in [6, 6.07) is 0. The van der Waals surface area contributed by atoms with Gasteiger partial charge in [0, 0.05) is 11.6 Å². The number of esters is 3. The van der Waals surface area contributed by atoms with Crippen molar-refractivity contribution in [2.45, 2.75) is 18.6 Å². The maximum absolute atomic E-state index is 11.5. The van der Waals surface area contributed by atoms with Gasteiger partial charge in [-0.05, 0) is 12.2 Å². The van der Waals surface area contributed by atoms with Gasteiger partial charge >= 0.3 is 17.9 Å². The van der Waals surface area contributed by atoms with Crippen LogP contribution in [0.3, 0.4) is 0 Å². The Labute approximate surface area is 110 Å². The highest BCUT2D eigenvalue weighted by Crippen LogP contribution is 2.21. The quantitative estimate of drug-likeness (QED) is 0.304. The average molecular weight is 266 g/mol. The molecule has 1 rings (SSSR count). The van der Waals surface area contributed by atoms with Crippen LogP contribution in [0.2, 0.25) is 0 Å². The molecule has 6 nitrogen and oxygen atoms in total. The Morgan fingerprint density at radius 1 is 1.53 bits per heavy atom. The summed E-state index contributed by atoms with van der Waals surface area (Å²) in [5.41, 5.74) is 0.165. The second kappa shape index (κ2) is 6.53. The molecule has 19 heavy (non-hydrogen) atoms. The molecule has 0 spiro atoms. The number of carbonyl (C=O) groups is 3. The molecule has 1 aliphatic rings. The molecule has 0 aromatic rings. The third-order valence-corrected chi connectivity index (χ3v) is 2.41. The van der Waals surface area contributed by atoms with Gasteiger partial charge in [0.25, 0.3) is 0 Å². The number of carbonyl (C=O) groups excluding carboxylic acids is 3. The Hall–Kier alpha value is -2.37. The second-order valence-corrected chi connectivity index (χ2v) is 3.66. The SMILES string of the molecule is C=CC(=O)OC(C=C)C1C=C(CC(=O)OC)C(=O)O1. The molecule has 2 atom stereocenters. The van der Waals surface area contributed by atoms with E-state index in [0.717, 1.165) is 6.08 Å². The first kappa shape index (κ1) is 14.7. The number of cyclic esters (lactones) is 1. The van der Waals surface area contributed by atoms with Crippen LogP contribution < -0.4 is 0 Å². The smallest absolute Gasteiger partial charge is 0.335 e. The highest BCUT2D eigenvalue weighted by molar-refractivity contribution is 5.96. The lowest BCUT2D eigenvalue weighted by atomic mass is 10.1. The zero-order chi connectivity index (χ0) is 14.4. The molecule has 0 fully saturated rings. The summed E-state index contributed by atoms with van der Waals surface area (Å²) in [6.07, 6.45) is 1.93. The van der Waals surface area contributed by atoms with E-state index < -0.39 is 30.1 Å². The van der Waals surface area contributed by atoms with Crippen LogP contribution >= 0.6 is 0 Å². The average Bonchev–Trinajstić information content (AvgIpc) is 2.76. The lowest BCUT2D eigenvalue weighted by molar-refractivity contribution is -0.153. The van der Waals surface area contributed by atoms with Gasteiger partial charge in [-0.1, -0.05) is 13.2 Å². The van der Waals surface area contributed by atoms with Crippen LogP contribution in [0.5, 0.6) is 0 Å². The summed E-state index contributed by atoms with van der Waals surface area (Å²) < 4.78 is 14.4. The van der Waals surface area contributed by atoms with Gasteiger partial charge in [-0.25, -0.2) is 9.59 Å². The zero-order valence-electron chi connectivity index (χ0n) is 10.5. The van der Waals surface area contributed by atoms with Crippen LogP contribution in [0, 0.1) is 0 Å². The van der Waals surface area contributed by atoms with Crippen molar-refractivity contribution in [3.05, 3.63) is 37.0 Å². The maximum Gasteiger partial charge on any atom is 0.335 e. The van der Waals surface area contributed by atoms with Crippen molar-refractivity contribution in [2.75, 3.05) is 7.11 Å². The minimum Gasteiger partial charge on any atom is -0.469 e. The van der Waals surface area contributed by atoms with E-state index in [2.05, 4.69) is 17.9 Å². The first-order valence-corrected chi connectivity index (χ1v) is 5.46. The molecular formula is C13H14O6. The van der Waals surface area contributed by atoms with Gasteiger partial charge < -0.3 is 14.2 Å². The molecule has 0 saturated carbocycles. The zero-order valence-corrected chi connectivity index (χ0v) is 10.5. The van der Waals surface area contributed by atoms with Crippen molar-refractivity contribution in [3.63, 3.8) is 0 Å². The molecule has 102 valence electrons. The fraction of sp³-hybridized carbons (Fsp3) is 0.308. The number of hydrogen-bond acceptors (Lipinski definition) is 6. The summed E-state index contributed by atoms with van der Waals surface area (Å²) in [4.78, 5) is 33.7. The summed E-state index contributed by atoms with van der Waals surface area (Å²) in [7, 11) is 1.22. The van der Waals surface area contributed by atoms with Crippen molar-refractivity contribution in [2.24, 2.45) is 0 Å². The fourth-order valence-corrected chi connectivity index (χ4v) is 1.45. The van der Waals surface area contributed by atoms with Gasteiger partial charge in [-0.3, -0.25) is 4.79 Å². The van der Waals surface area contributed by atoms with E-state index in [0.29, 0.717) is 0 Å². The molecule has 0 saturated heterocycles. The second-order valence-electron chi connectivity index (χ2n) is 3.66. The van der Waals surface area contributed by atoms with Crippen LogP contribution in [0.1, 0.15) is 6.42 Å². The first-order valence-electron chi connectivity index (χ1n) is 5.46. The molecule has 0 bridgehead atoms. The lowest BCUT2D eigenvalue weighted by Crippen LogP contribution is -2.28. The number of rotatable bonds is 6.